The number of carbonyl (C=O) groups is 1. The lowest BCUT2D eigenvalue weighted by Crippen LogP contribution is -2.30. The van der Waals surface area contributed by atoms with Crippen LogP contribution in [0.2, 0.25) is 0 Å². The molecule has 0 aliphatic carbocycles. The number of hydrogen-bond donors (Lipinski definition) is 1. The van der Waals surface area contributed by atoms with Crippen molar-refractivity contribution in [2.75, 3.05) is 45.8 Å². The third-order valence-corrected chi connectivity index (χ3v) is 4.63. The van der Waals surface area contributed by atoms with Crippen molar-refractivity contribution in [1.82, 2.24) is 4.90 Å². The highest BCUT2D eigenvalue weighted by Crippen LogP contribution is 2.29. The Balaban J connectivity index is 2.23. The van der Waals surface area contributed by atoms with Gasteiger partial charge in [-0.25, -0.2) is 0 Å². The Morgan fingerprint density at radius 3 is 2.52 bits per heavy atom. The number of hydrogen-bond acceptors (Lipinski definition) is 7. The summed E-state index contributed by atoms with van der Waals surface area (Å²) in [5, 5.41) is 14.5. The first-order valence-corrected chi connectivity index (χ1v) is 10.0. The van der Waals surface area contributed by atoms with Gasteiger partial charge in [0.2, 0.25) is 0 Å². The molecule has 0 atom stereocenters. The Labute approximate surface area is 182 Å². The molecule has 0 saturated heterocycles. The Hall–Kier alpha value is -3.33. The maximum absolute atomic E-state index is 13.1. The summed E-state index contributed by atoms with van der Waals surface area (Å²) in [5.41, 5.74) is 1.31. The van der Waals surface area contributed by atoms with Crippen LogP contribution in [0.15, 0.2) is 36.4 Å². The summed E-state index contributed by atoms with van der Waals surface area (Å²) in [7, 11) is 3.11. The Morgan fingerprint density at radius 1 is 1.13 bits per heavy atom. The van der Waals surface area contributed by atoms with E-state index in [0.29, 0.717) is 50.0 Å². The summed E-state index contributed by atoms with van der Waals surface area (Å²) < 4.78 is 15.9. The molecule has 31 heavy (non-hydrogen) atoms. The number of rotatable bonds is 12. The zero-order valence-corrected chi connectivity index (χ0v) is 18.3. The molecular weight excluding hydrogens is 402 g/mol. The first-order valence-electron chi connectivity index (χ1n) is 10.0. The van der Waals surface area contributed by atoms with Gasteiger partial charge in [-0.05, 0) is 43.7 Å². The van der Waals surface area contributed by atoms with Crippen molar-refractivity contribution in [1.29, 1.82) is 0 Å². The molecule has 9 heteroatoms. The van der Waals surface area contributed by atoms with Gasteiger partial charge >= 0.3 is 0 Å². The number of anilines is 1. The van der Waals surface area contributed by atoms with Gasteiger partial charge in [0.1, 0.15) is 5.69 Å². The van der Waals surface area contributed by atoms with E-state index in [4.69, 9.17) is 14.2 Å². The van der Waals surface area contributed by atoms with E-state index in [1.54, 1.807) is 37.3 Å². The topological polar surface area (TPSA) is 103 Å². The number of methoxy groups -OCH3 is 2. The second kappa shape index (κ2) is 11.8. The molecule has 2 aromatic rings. The normalized spacial score (nSPS) is 10.5. The van der Waals surface area contributed by atoms with Crippen molar-refractivity contribution >= 4 is 17.3 Å². The summed E-state index contributed by atoms with van der Waals surface area (Å²) in [6.07, 6.45) is 0. The van der Waals surface area contributed by atoms with E-state index < -0.39 is 4.92 Å². The van der Waals surface area contributed by atoms with E-state index >= 15 is 0 Å². The van der Waals surface area contributed by atoms with Crippen LogP contribution in [0.4, 0.5) is 11.4 Å². The minimum Gasteiger partial charge on any atom is -0.493 e. The minimum absolute atomic E-state index is 0.152. The van der Waals surface area contributed by atoms with Gasteiger partial charge in [-0.2, -0.15) is 0 Å². The number of ether oxygens (including phenoxy) is 3. The maximum atomic E-state index is 13.1. The number of nitrogens with zero attached hydrogens (tertiary/aromatic N) is 2. The highest BCUT2D eigenvalue weighted by molar-refractivity contribution is 5.95. The monoisotopic (exact) mass is 431 g/mol. The van der Waals surface area contributed by atoms with Crippen molar-refractivity contribution in [3.63, 3.8) is 0 Å². The highest BCUT2D eigenvalue weighted by atomic mass is 16.6. The predicted molar refractivity (Wildman–Crippen MR) is 118 cm³/mol. The van der Waals surface area contributed by atoms with Crippen LogP contribution in [0.3, 0.4) is 0 Å². The highest BCUT2D eigenvalue weighted by Gasteiger charge is 2.21. The molecule has 0 bridgehead atoms. The Bertz CT molecular complexity index is 903. The fraction of sp³-hybridized carbons (Fsp3) is 0.409. The predicted octanol–water partition coefficient (Wildman–Crippen LogP) is 3.72. The number of nitro groups is 1. The molecule has 0 saturated carbocycles. The zero-order chi connectivity index (χ0) is 22.8. The Morgan fingerprint density at radius 2 is 1.90 bits per heavy atom. The minimum atomic E-state index is -0.500. The van der Waals surface area contributed by atoms with Gasteiger partial charge in [0, 0.05) is 38.4 Å². The second-order valence-corrected chi connectivity index (χ2v) is 6.65. The number of nitrogens with one attached hydrogen (secondary N) is 1. The molecule has 0 spiro atoms. The van der Waals surface area contributed by atoms with Gasteiger partial charge in [-0.3, -0.25) is 14.9 Å². The van der Waals surface area contributed by atoms with Crippen molar-refractivity contribution in [3.05, 3.63) is 57.6 Å². The smallest absolute Gasteiger partial charge is 0.293 e. The van der Waals surface area contributed by atoms with Crippen molar-refractivity contribution < 1.29 is 23.9 Å². The fourth-order valence-electron chi connectivity index (χ4n) is 3.07. The van der Waals surface area contributed by atoms with E-state index in [9.17, 15) is 14.9 Å². The van der Waals surface area contributed by atoms with Gasteiger partial charge in [0.15, 0.2) is 11.5 Å². The van der Waals surface area contributed by atoms with E-state index in [2.05, 4.69) is 5.32 Å². The van der Waals surface area contributed by atoms with Crippen molar-refractivity contribution in [2.24, 2.45) is 0 Å². The van der Waals surface area contributed by atoms with Gasteiger partial charge in [0.05, 0.1) is 25.2 Å². The largest absolute Gasteiger partial charge is 0.493 e. The fourth-order valence-corrected chi connectivity index (χ4v) is 3.07. The number of nitro benzene ring substituents is 1. The van der Waals surface area contributed by atoms with Gasteiger partial charge in [-0.1, -0.05) is 6.07 Å². The third-order valence-electron chi connectivity index (χ3n) is 4.63. The summed E-state index contributed by atoms with van der Waals surface area (Å²) in [6, 6.07) is 9.95. The van der Waals surface area contributed by atoms with E-state index in [1.807, 2.05) is 26.0 Å². The van der Waals surface area contributed by atoms with Gasteiger partial charge in [0.25, 0.3) is 11.6 Å². The molecule has 0 fully saturated rings. The van der Waals surface area contributed by atoms with Gasteiger partial charge < -0.3 is 24.4 Å². The summed E-state index contributed by atoms with van der Waals surface area (Å²) in [4.78, 5) is 25.7. The van der Waals surface area contributed by atoms with E-state index in [1.165, 1.54) is 6.07 Å². The average molecular weight is 431 g/mol. The number of amides is 1. The molecule has 0 heterocycles. The molecule has 1 amide bonds. The number of carbonyl (C=O) groups excluding carboxylic acids is 1. The lowest BCUT2D eigenvalue weighted by Gasteiger charge is -2.22. The SMILES string of the molecule is CCOc1ccc(CN(CC)C(=O)c2ccc(NCCOC)c([N+](=O)[O-])c2)cc1OC. The molecule has 2 rings (SSSR count). The standard InChI is InChI=1S/C22H29N3O6/c1-5-24(15-16-7-10-20(31-6-2)21(13-16)30-4)22(26)17-8-9-18(23-11-12-29-3)19(14-17)25(27)28/h7-10,13-14,23H,5-6,11-12,15H2,1-4H3. The van der Waals surface area contributed by atoms with Crippen LogP contribution >= 0.6 is 0 Å². The molecule has 0 unspecified atom stereocenters. The first kappa shape index (κ1) is 23.9. The van der Waals surface area contributed by atoms with E-state index in [0.717, 1.165) is 5.56 Å². The lowest BCUT2D eigenvalue weighted by molar-refractivity contribution is -0.384. The molecule has 0 aromatic heterocycles. The third kappa shape index (κ3) is 6.32. The molecule has 1 N–H and O–H groups in total. The van der Waals surface area contributed by atoms with Crippen molar-refractivity contribution in [2.45, 2.75) is 20.4 Å². The molecule has 2 aromatic carbocycles. The maximum Gasteiger partial charge on any atom is 0.293 e. The molecule has 0 radical (unpaired) electrons. The molecule has 168 valence electrons. The summed E-state index contributed by atoms with van der Waals surface area (Å²) >= 11 is 0. The quantitative estimate of drug-likeness (QED) is 0.310. The van der Waals surface area contributed by atoms with Crippen molar-refractivity contribution in [3.8, 4) is 11.5 Å². The molecule has 0 aliphatic rings. The van der Waals surface area contributed by atoms with Crippen LogP contribution in [0.25, 0.3) is 0 Å². The van der Waals surface area contributed by atoms with Crippen LogP contribution in [-0.4, -0.2) is 56.3 Å². The average Bonchev–Trinajstić information content (AvgIpc) is 2.78. The lowest BCUT2D eigenvalue weighted by atomic mass is 10.1. The number of benzene rings is 2. The van der Waals surface area contributed by atoms with Crippen LogP contribution < -0.4 is 14.8 Å². The summed E-state index contributed by atoms with van der Waals surface area (Å²) in [6.45, 7) is 5.87. The first-order chi connectivity index (χ1) is 14.9. The van der Waals surface area contributed by atoms with Crippen LogP contribution in [0, 0.1) is 10.1 Å². The van der Waals surface area contributed by atoms with E-state index in [-0.39, 0.29) is 17.2 Å². The Kier molecular flexibility index (Phi) is 9.08. The van der Waals surface area contributed by atoms with Crippen LogP contribution in [0.1, 0.15) is 29.8 Å². The van der Waals surface area contributed by atoms with Crippen LogP contribution in [-0.2, 0) is 11.3 Å². The molecule has 9 nitrogen and oxygen atoms in total. The molecular formula is C22H29N3O6. The summed E-state index contributed by atoms with van der Waals surface area (Å²) in [5.74, 6) is 0.933. The van der Waals surface area contributed by atoms with Gasteiger partial charge in [-0.15, -0.1) is 0 Å². The second-order valence-electron chi connectivity index (χ2n) is 6.65. The van der Waals surface area contributed by atoms with Crippen LogP contribution in [0.5, 0.6) is 11.5 Å². The zero-order valence-electron chi connectivity index (χ0n) is 18.3. The molecule has 0 aliphatic heterocycles.